The van der Waals surface area contributed by atoms with Gasteiger partial charge in [0.2, 0.25) is 5.91 Å². The number of phenolic OH excluding ortho intramolecular Hbond substituents is 2. The topological polar surface area (TPSA) is 95.6 Å². The van der Waals surface area contributed by atoms with E-state index in [1.54, 1.807) is 0 Å². The third-order valence-corrected chi connectivity index (χ3v) is 2.60. The monoisotopic (exact) mass is 208 g/mol. The molecule has 1 aliphatic rings. The minimum absolute atomic E-state index is 0.145. The van der Waals surface area contributed by atoms with E-state index in [-0.39, 0.29) is 11.5 Å². The third-order valence-electron chi connectivity index (χ3n) is 2.60. The Labute approximate surface area is 86.5 Å². The van der Waals surface area contributed by atoms with Crippen LogP contribution in [0.3, 0.4) is 0 Å². The summed E-state index contributed by atoms with van der Waals surface area (Å²) < 4.78 is 0. The van der Waals surface area contributed by atoms with Gasteiger partial charge in [0.25, 0.3) is 0 Å². The summed E-state index contributed by atoms with van der Waals surface area (Å²) in [7, 11) is 0. The Kier molecular flexibility index (Phi) is 2.24. The molecule has 1 amide bonds. The summed E-state index contributed by atoms with van der Waals surface area (Å²) in [6.45, 7) is 0.469. The predicted octanol–water partition coefficient (Wildman–Crippen LogP) is -0.403. The van der Waals surface area contributed by atoms with Gasteiger partial charge in [0, 0.05) is 6.54 Å². The molecule has 1 atom stereocenters. The lowest BCUT2D eigenvalue weighted by Gasteiger charge is -2.24. The van der Waals surface area contributed by atoms with E-state index < -0.39 is 11.9 Å². The summed E-state index contributed by atoms with van der Waals surface area (Å²) in [4.78, 5) is 11.0. The number of hydrogen-bond acceptors (Lipinski definition) is 4. The van der Waals surface area contributed by atoms with Crippen molar-refractivity contribution in [3.8, 4) is 11.5 Å². The molecule has 1 aromatic rings. The van der Waals surface area contributed by atoms with Crippen LogP contribution in [-0.4, -0.2) is 22.2 Å². The van der Waals surface area contributed by atoms with Crippen LogP contribution in [0.2, 0.25) is 0 Å². The van der Waals surface area contributed by atoms with Crippen molar-refractivity contribution in [1.29, 1.82) is 0 Å². The number of primary amides is 1. The molecule has 15 heavy (non-hydrogen) atoms. The highest BCUT2D eigenvalue weighted by molar-refractivity contribution is 5.80. The Bertz CT molecular complexity index is 417. The number of hydrogen-bond donors (Lipinski definition) is 4. The van der Waals surface area contributed by atoms with Crippen molar-refractivity contribution in [3.05, 3.63) is 23.3 Å². The molecule has 5 N–H and O–H groups in total. The molecule has 0 saturated heterocycles. The standard InChI is InChI=1S/C10H12N2O3/c11-10(15)7-1-5-2-8(13)9(14)3-6(5)4-12-7/h2-3,7,12-14H,1,4H2,(H2,11,15)/t7-/m0/s1. The smallest absolute Gasteiger partial charge is 0.234 e. The molecule has 1 heterocycles. The van der Waals surface area contributed by atoms with Gasteiger partial charge in [-0.25, -0.2) is 0 Å². The number of nitrogens with one attached hydrogen (secondary N) is 1. The van der Waals surface area contributed by atoms with E-state index >= 15 is 0 Å². The third kappa shape index (κ3) is 1.73. The number of carbonyl (C=O) groups is 1. The van der Waals surface area contributed by atoms with E-state index in [1.807, 2.05) is 0 Å². The van der Waals surface area contributed by atoms with E-state index in [0.29, 0.717) is 13.0 Å². The molecular weight excluding hydrogens is 196 g/mol. The van der Waals surface area contributed by atoms with Crippen molar-refractivity contribution in [3.63, 3.8) is 0 Å². The molecule has 0 saturated carbocycles. The molecule has 1 aromatic carbocycles. The second-order valence-corrected chi connectivity index (χ2v) is 3.65. The predicted molar refractivity (Wildman–Crippen MR) is 53.3 cm³/mol. The fraction of sp³-hybridized carbons (Fsp3) is 0.300. The molecule has 2 rings (SSSR count). The lowest BCUT2D eigenvalue weighted by molar-refractivity contribution is -0.120. The van der Waals surface area contributed by atoms with Crippen molar-refractivity contribution < 1.29 is 15.0 Å². The number of rotatable bonds is 1. The normalized spacial score (nSPS) is 19.6. The minimum Gasteiger partial charge on any atom is -0.504 e. The largest absolute Gasteiger partial charge is 0.504 e. The number of aromatic hydroxyl groups is 2. The number of carbonyl (C=O) groups excluding carboxylic acids is 1. The number of fused-ring (bicyclic) bond motifs is 1. The van der Waals surface area contributed by atoms with Crippen LogP contribution in [0.5, 0.6) is 11.5 Å². The first-order valence-electron chi connectivity index (χ1n) is 4.64. The molecule has 80 valence electrons. The Balaban J connectivity index is 2.34. The second-order valence-electron chi connectivity index (χ2n) is 3.65. The molecule has 0 bridgehead atoms. The average molecular weight is 208 g/mol. The van der Waals surface area contributed by atoms with Gasteiger partial charge in [-0.1, -0.05) is 0 Å². The minimum atomic E-state index is -0.409. The van der Waals surface area contributed by atoms with Crippen LogP contribution in [0.15, 0.2) is 12.1 Å². The number of amides is 1. The molecule has 0 fully saturated rings. The fourth-order valence-corrected chi connectivity index (χ4v) is 1.74. The Morgan fingerprint density at radius 2 is 1.93 bits per heavy atom. The van der Waals surface area contributed by atoms with Crippen LogP contribution < -0.4 is 11.1 Å². The molecule has 0 spiro atoms. The first kappa shape index (κ1) is 9.79. The van der Waals surface area contributed by atoms with Gasteiger partial charge in [-0.3, -0.25) is 4.79 Å². The quantitative estimate of drug-likeness (QED) is 0.472. The number of phenols is 2. The molecular formula is C10H12N2O3. The second kappa shape index (κ2) is 3.43. The summed E-state index contributed by atoms with van der Waals surface area (Å²) in [5.41, 5.74) is 6.90. The molecule has 1 aliphatic heterocycles. The Hall–Kier alpha value is -1.75. The van der Waals surface area contributed by atoms with Crippen LogP contribution in [0.4, 0.5) is 0 Å². The van der Waals surface area contributed by atoms with Gasteiger partial charge in [0.1, 0.15) is 0 Å². The van der Waals surface area contributed by atoms with E-state index in [2.05, 4.69) is 5.32 Å². The van der Waals surface area contributed by atoms with Crippen molar-refractivity contribution in [2.75, 3.05) is 0 Å². The summed E-state index contributed by atoms with van der Waals surface area (Å²) in [6.07, 6.45) is 0.443. The highest BCUT2D eigenvalue weighted by atomic mass is 16.3. The molecule has 0 aliphatic carbocycles. The highest BCUT2D eigenvalue weighted by Gasteiger charge is 2.23. The zero-order valence-corrected chi connectivity index (χ0v) is 8.03. The van der Waals surface area contributed by atoms with Crippen LogP contribution in [0.1, 0.15) is 11.1 Å². The van der Waals surface area contributed by atoms with Crippen LogP contribution in [0.25, 0.3) is 0 Å². The SMILES string of the molecule is NC(=O)[C@@H]1Cc2cc(O)c(O)cc2CN1. The molecule has 0 unspecified atom stereocenters. The molecule has 5 nitrogen and oxygen atoms in total. The maximum atomic E-state index is 11.0. The van der Waals surface area contributed by atoms with Gasteiger partial charge >= 0.3 is 0 Å². The summed E-state index contributed by atoms with van der Waals surface area (Å²) >= 11 is 0. The number of benzene rings is 1. The zero-order chi connectivity index (χ0) is 11.0. The maximum Gasteiger partial charge on any atom is 0.234 e. The van der Waals surface area contributed by atoms with Gasteiger partial charge in [0.15, 0.2) is 11.5 Å². The van der Waals surface area contributed by atoms with Crippen LogP contribution in [0, 0.1) is 0 Å². The summed E-state index contributed by atoms with van der Waals surface area (Å²) in [5, 5.41) is 21.5. The van der Waals surface area contributed by atoms with Crippen molar-refractivity contribution in [2.24, 2.45) is 5.73 Å². The first-order chi connectivity index (χ1) is 7.08. The average Bonchev–Trinajstić information content (AvgIpc) is 2.19. The van der Waals surface area contributed by atoms with E-state index in [9.17, 15) is 15.0 Å². The van der Waals surface area contributed by atoms with Gasteiger partial charge < -0.3 is 21.3 Å². The van der Waals surface area contributed by atoms with Gasteiger partial charge in [0.05, 0.1) is 6.04 Å². The molecule has 0 aromatic heterocycles. The van der Waals surface area contributed by atoms with E-state index in [1.165, 1.54) is 12.1 Å². The van der Waals surface area contributed by atoms with Crippen molar-refractivity contribution in [1.82, 2.24) is 5.32 Å². The van der Waals surface area contributed by atoms with Crippen molar-refractivity contribution in [2.45, 2.75) is 19.0 Å². The van der Waals surface area contributed by atoms with E-state index in [0.717, 1.165) is 11.1 Å². The van der Waals surface area contributed by atoms with Gasteiger partial charge in [-0.05, 0) is 29.7 Å². The molecule has 5 heteroatoms. The van der Waals surface area contributed by atoms with Crippen LogP contribution >= 0.6 is 0 Å². The van der Waals surface area contributed by atoms with Crippen LogP contribution in [-0.2, 0) is 17.8 Å². The highest BCUT2D eigenvalue weighted by Crippen LogP contribution is 2.30. The Morgan fingerprint density at radius 3 is 2.53 bits per heavy atom. The Morgan fingerprint density at radius 1 is 1.33 bits per heavy atom. The van der Waals surface area contributed by atoms with E-state index in [4.69, 9.17) is 5.73 Å². The van der Waals surface area contributed by atoms with Crippen molar-refractivity contribution >= 4 is 5.91 Å². The fourth-order valence-electron chi connectivity index (χ4n) is 1.74. The maximum absolute atomic E-state index is 11.0. The number of nitrogens with two attached hydrogens (primary N) is 1. The lowest BCUT2D eigenvalue weighted by atomic mass is 9.95. The summed E-state index contributed by atoms with van der Waals surface area (Å²) in [6, 6.07) is 2.57. The first-order valence-corrected chi connectivity index (χ1v) is 4.64. The zero-order valence-electron chi connectivity index (χ0n) is 8.03. The molecule has 0 radical (unpaired) electrons. The van der Waals surface area contributed by atoms with Gasteiger partial charge in [-0.15, -0.1) is 0 Å². The lowest BCUT2D eigenvalue weighted by Crippen LogP contribution is -2.45. The van der Waals surface area contributed by atoms with Gasteiger partial charge in [-0.2, -0.15) is 0 Å². The summed E-state index contributed by atoms with van der Waals surface area (Å²) in [5.74, 6) is -0.722.